The van der Waals surface area contributed by atoms with Crippen LogP contribution in [0.2, 0.25) is 0 Å². The van der Waals surface area contributed by atoms with E-state index in [-0.39, 0.29) is 0 Å². The molecule has 0 atom stereocenters. The number of anilines is 1. The molecule has 4 nitrogen and oxygen atoms in total. The predicted octanol–water partition coefficient (Wildman–Crippen LogP) is 2.23. The van der Waals surface area contributed by atoms with Crippen molar-refractivity contribution in [3.63, 3.8) is 0 Å². The number of hydrogen-bond donors (Lipinski definition) is 1. The van der Waals surface area contributed by atoms with Crippen LogP contribution in [0.5, 0.6) is 5.75 Å². The molecule has 0 bridgehead atoms. The highest BCUT2D eigenvalue weighted by atomic mass is 79.9. The van der Waals surface area contributed by atoms with Crippen LogP contribution in [0.3, 0.4) is 0 Å². The Balaban J connectivity index is 2.49. The molecule has 0 aliphatic heterocycles. The van der Waals surface area contributed by atoms with Gasteiger partial charge in [0.2, 0.25) is 0 Å². The molecule has 2 aromatic rings. The summed E-state index contributed by atoms with van der Waals surface area (Å²) in [6.07, 6.45) is 1.66. The Morgan fingerprint density at radius 1 is 1.47 bits per heavy atom. The Morgan fingerprint density at radius 2 is 2.27 bits per heavy atom. The summed E-state index contributed by atoms with van der Waals surface area (Å²) >= 11 is 3.31. The van der Waals surface area contributed by atoms with Gasteiger partial charge in [-0.15, -0.1) is 0 Å². The summed E-state index contributed by atoms with van der Waals surface area (Å²) in [6, 6.07) is 7.55. The van der Waals surface area contributed by atoms with Crippen molar-refractivity contribution in [2.45, 2.75) is 0 Å². The monoisotopic (exact) mass is 267 g/mol. The normalized spacial score (nSPS) is 10.3. The number of ether oxygens (including phenoxy) is 1. The van der Waals surface area contributed by atoms with Crippen LogP contribution in [0.1, 0.15) is 0 Å². The average Bonchev–Trinajstić information content (AvgIpc) is 2.60. The van der Waals surface area contributed by atoms with Crippen LogP contribution in [0, 0.1) is 0 Å². The molecule has 15 heavy (non-hydrogen) atoms. The summed E-state index contributed by atoms with van der Waals surface area (Å²) < 4.78 is 7.56. The van der Waals surface area contributed by atoms with Crippen molar-refractivity contribution < 1.29 is 4.74 Å². The quantitative estimate of drug-likeness (QED) is 0.908. The lowest BCUT2D eigenvalue weighted by Crippen LogP contribution is -2.01. The van der Waals surface area contributed by atoms with Crippen molar-refractivity contribution in [3.05, 3.63) is 34.9 Å². The Kier molecular flexibility index (Phi) is 2.64. The lowest BCUT2D eigenvalue weighted by atomic mass is 10.3. The highest BCUT2D eigenvalue weighted by Crippen LogP contribution is 2.23. The van der Waals surface area contributed by atoms with Crippen LogP contribution in [0.25, 0.3) is 5.69 Å². The maximum Gasteiger partial charge on any atom is 0.141 e. The van der Waals surface area contributed by atoms with E-state index in [0.29, 0.717) is 5.82 Å². The Labute approximate surface area is 95.8 Å². The SMILES string of the molecule is COc1cccc(-n2ncc(Br)c2N)c1. The van der Waals surface area contributed by atoms with Crippen molar-refractivity contribution >= 4 is 21.7 Å². The third-order valence-corrected chi connectivity index (χ3v) is 2.67. The molecule has 1 heterocycles. The highest BCUT2D eigenvalue weighted by molar-refractivity contribution is 9.10. The lowest BCUT2D eigenvalue weighted by molar-refractivity contribution is 0.414. The third kappa shape index (κ3) is 1.83. The summed E-state index contributed by atoms with van der Waals surface area (Å²) in [5.41, 5.74) is 6.71. The van der Waals surface area contributed by atoms with Crippen LogP contribution in [0.15, 0.2) is 34.9 Å². The van der Waals surface area contributed by atoms with Gasteiger partial charge < -0.3 is 10.5 Å². The molecule has 0 fully saturated rings. The van der Waals surface area contributed by atoms with Gasteiger partial charge in [-0.1, -0.05) is 6.07 Å². The zero-order valence-corrected chi connectivity index (χ0v) is 9.73. The second kappa shape index (κ2) is 3.94. The second-order valence-corrected chi connectivity index (χ2v) is 3.85. The minimum absolute atomic E-state index is 0.572. The number of nitrogen functional groups attached to an aromatic ring is 1. The maximum absolute atomic E-state index is 5.84. The first-order valence-corrected chi connectivity index (χ1v) is 5.15. The minimum Gasteiger partial charge on any atom is -0.497 e. The van der Waals surface area contributed by atoms with Crippen molar-refractivity contribution in [1.82, 2.24) is 9.78 Å². The van der Waals surface area contributed by atoms with Crippen LogP contribution in [0.4, 0.5) is 5.82 Å². The molecule has 0 radical (unpaired) electrons. The van der Waals surface area contributed by atoms with E-state index >= 15 is 0 Å². The van der Waals surface area contributed by atoms with Gasteiger partial charge in [0, 0.05) is 6.07 Å². The van der Waals surface area contributed by atoms with E-state index in [0.717, 1.165) is 15.9 Å². The van der Waals surface area contributed by atoms with Gasteiger partial charge in [0.05, 0.1) is 23.5 Å². The van der Waals surface area contributed by atoms with Crippen LogP contribution >= 0.6 is 15.9 Å². The number of nitrogens with two attached hydrogens (primary N) is 1. The fourth-order valence-corrected chi connectivity index (χ4v) is 1.55. The molecule has 0 unspecified atom stereocenters. The Morgan fingerprint density at radius 3 is 2.87 bits per heavy atom. The van der Waals surface area contributed by atoms with Gasteiger partial charge in [0.25, 0.3) is 0 Å². The number of halogens is 1. The number of methoxy groups -OCH3 is 1. The molecule has 5 heteroatoms. The van der Waals surface area contributed by atoms with Gasteiger partial charge >= 0.3 is 0 Å². The van der Waals surface area contributed by atoms with Gasteiger partial charge in [0.15, 0.2) is 0 Å². The maximum atomic E-state index is 5.84. The molecule has 0 spiro atoms. The molecule has 0 aliphatic rings. The molecule has 2 rings (SSSR count). The summed E-state index contributed by atoms with van der Waals surface area (Å²) in [7, 11) is 1.63. The molecule has 2 N–H and O–H groups in total. The van der Waals surface area contributed by atoms with E-state index in [1.54, 1.807) is 18.0 Å². The molecule has 0 saturated carbocycles. The van der Waals surface area contributed by atoms with Gasteiger partial charge in [-0.25, -0.2) is 4.68 Å². The van der Waals surface area contributed by atoms with Crippen LogP contribution in [-0.4, -0.2) is 16.9 Å². The zero-order chi connectivity index (χ0) is 10.8. The molecule has 0 saturated heterocycles. The molecular formula is C10H10BrN3O. The molecule has 78 valence electrons. The fraction of sp³-hybridized carbons (Fsp3) is 0.100. The highest BCUT2D eigenvalue weighted by Gasteiger charge is 2.06. The predicted molar refractivity (Wildman–Crippen MR) is 62.2 cm³/mol. The molecule has 0 amide bonds. The zero-order valence-electron chi connectivity index (χ0n) is 8.14. The summed E-state index contributed by atoms with van der Waals surface area (Å²) in [6.45, 7) is 0. The summed E-state index contributed by atoms with van der Waals surface area (Å²) in [4.78, 5) is 0. The second-order valence-electron chi connectivity index (χ2n) is 2.99. The van der Waals surface area contributed by atoms with E-state index in [2.05, 4.69) is 21.0 Å². The van der Waals surface area contributed by atoms with E-state index in [1.165, 1.54) is 0 Å². The van der Waals surface area contributed by atoms with Gasteiger partial charge in [-0.3, -0.25) is 0 Å². The number of hydrogen-bond acceptors (Lipinski definition) is 3. The Bertz CT molecular complexity index is 481. The summed E-state index contributed by atoms with van der Waals surface area (Å²) in [5, 5.41) is 4.15. The third-order valence-electron chi connectivity index (χ3n) is 2.06. The number of aromatic nitrogens is 2. The van der Waals surface area contributed by atoms with Gasteiger partial charge in [-0.2, -0.15) is 5.10 Å². The molecule has 0 aliphatic carbocycles. The van der Waals surface area contributed by atoms with E-state index in [4.69, 9.17) is 10.5 Å². The largest absolute Gasteiger partial charge is 0.497 e. The Hall–Kier alpha value is -1.49. The van der Waals surface area contributed by atoms with Crippen LogP contribution < -0.4 is 10.5 Å². The molecular weight excluding hydrogens is 258 g/mol. The first kappa shape index (κ1) is 10.0. The van der Waals surface area contributed by atoms with Crippen LogP contribution in [-0.2, 0) is 0 Å². The minimum atomic E-state index is 0.572. The topological polar surface area (TPSA) is 53.1 Å². The number of rotatable bonds is 2. The first-order valence-electron chi connectivity index (χ1n) is 4.36. The van der Waals surface area contributed by atoms with Crippen molar-refractivity contribution in [2.75, 3.05) is 12.8 Å². The standard InChI is InChI=1S/C10H10BrN3O/c1-15-8-4-2-3-7(5-8)14-10(12)9(11)6-13-14/h2-6H,12H2,1H3. The molecule has 1 aromatic heterocycles. The van der Waals surface area contributed by atoms with Crippen molar-refractivity contribution in [2.24, 2.45) is 0 Å². The van der Waals surface area contributed by atoms with Gasteiger partial charge in [0.1, 0.15) is 11.6 Å². The van der Waals surface area contributed by atoms with E-state index in [9.17, 15) is 0 Å². The van der Waals surface area contributed by atoms with E-state index < -0.39 is 0 Å². The molecule has 1 aromatic carbocycles. The van der Waals surface area contributed by atoms with Crippen molar-refractivity contribution in [1.29, 1.82) is 0 Å². The fourth-order valence-electron chi connectivity index (χ4n) is 1.29. The number of nitrogens with zero attached hydrogens (tertiary/aromatic N) is 2. The van der Waals surface area contributed by atoms with E-state index in [1.807, 2.05) is 24.3 Å². The smallest absolute Gasteiger partial charge is 0.141 e. The first-order chi connectivity index (χ1) is 7.22. The average molecular weight is 268 g/mol. The van der Waals surface area contributed by atoms with Crippen molar-refractivity contribution in [3.8, 4) is 11.4 Å². The number of benzene rings is 1. The van der Waals surface area contributed by atoms with Gasteiger partial charge in [-0.05, 0) is 28.1 Å². The lowest BCUT2D eigenvalue weighted by Gasteiger charge is -2.05. The summed E-state index contributed by atoms with van der Waals surface area (Å²) in [5.74, 6) is 1.35.